The summed E-state index contributed by atoms with van der Waals surface area (Å²) in [5.41, 5.74) is 7.22. The molecule has 21 nitrogen and oxygen atoms in total. The second-order valence-electron chi connectivity index (χ2n) is 23.4. The van der Waals surface area contributed by atoms with Gasteiger partial charge in [-0.1, -0.05) is 68.8 Å². The highest BCUT2D eigenvalue weighted by Crippen LogP contribution is 2.38. The van der Waals surface area contributed by atoms with Crippen molar-refractivity contribution in [3.63, 3.8) is 0 Å². The number of benzene rings is 3. The van der Waals surface area contributed by atoms with E-state index in [9.17, 15) is 32.7 Å². The van der Waals surface area contributed by atoms with Crippen LogP contribution in [0.1, 0.15) is 109 Å². The van der Waals surface area contributed by atoms with Crippen LogP contribution in [0.3, 0.4) is 0 Å². The van der Waals surface area contributed by atoms with Crippen LogP contribution in [-0.2, 0) is 54.5 Å². The largest absolute Gasteiger partial charge is 0.489 e. The van der Waals surface area contributed by atoms with Gasteiger partial charge in [-0.3, -0.25) is 19.2 Å². The number of rotatable bonds is 29. The fourth-order valence-corrected chi connectivity index (χ4v) is 12.5. The van der Waals surface area contributed by atoms with Gasteiger partial charge in [0.25, 0.3) is 0 Å². The zero-order valence-electron chi connectivity index (χ0n) is 50.9. The van der Waals surface area contributed by atoms with Crippen LogP contribution in [0.5, 0.6) is 5.75 Å². The van der Waals surface area contributed by atoms with E-state index < -0.39 is 49.7 Å². The molecular formula is C62H86ClN9O12S2. The number of amides is 4. The maximum Gasteiger partial charge on any atom is 0.246 e. The van der Waals surface area contributed by atoms with E-state index in [1.165, 1.54) is 4.90 Å². The van der Waals surface area contributed by atoms with Crippen LogP contribution >= 0.6 is 22.9 Å². The molecule has 3 aliphatic heterocycles. The van der Waals surface area contributed by atoms with Crippen molar-refractivity contribution in [2.75, 3.05) is 83.1 Å². The van der Waals surface area contributed by atoms with E-state index in [-0.39, 0.29) is 93.4 Å². The van der Waals surface area contributed by atoms with Crippen LogP contribution in [0, 0.1) is 19.3 Å². The molecule has 0 aliphatic carbocycles. The van der Waals surface area contributed by atoms with Crippen molar-refractivity contribution in [3.8, 4) is 16.2 Å². The van der Waals surface area contributed by atoms with Crippen molar-refractivity contribution >= 4 is 73.7 Å². The summed E-state index contributed by atoms with van der Waals surface area (Å²) in [7, 11) is -3.61. The number of aryl methyl sites for hydroxylation is 2. The maximum atomic E-state index is 14.0. The quantitative estimate of drug-likeness (QED) is 0.0173. The number of nitrogens with zero attached hydrogens (tertiary/aromatic N) is 4. The first-order valence-corrected chi connectivity index (χ1v) is 32.3. The highest BCUT2D eigenvalue weighted by molar-refractivity contribution is 7.92. The minimum absolute atomic E-state index is 0.00823. The van der Waals surface area contributed by atoms with E-state index in [4.69, 9.17) is 35.3 Å². The Labute approximate surface area is 515 Å². The van der Waals surface area contributed by atoms with Gasteiger partial charge in [0.1, 0.15) is 17.8 Å². The number of piperidine rings is 1. The number of alkyl halides is 1. The molecule has 470 valence electrons. The molecule has 0 spiro atoms. The number of nitrogens with one attached hydrogen (secondary N) is 5. The predicted molar refractivity (Wildman–Crippen MR) is 334 cm³/mol. The molecule has 4 amide bonds. The fraction of sp³-hybridized carbons (Fsp3) is 0.548. The number of hydrogen-bond donors (Lipinski definition) is 6. The predicted octanol–water partition coefficient (Wildman–Crippen LogP) is 7.65. The Kier molecular flexibility index (Phi) is 24.4. The SMILES string of the molecule is Cc1cc(NC2=N[C@@](Cl)(Nc3ccccc3S(=O)(=O)C(C)C)C=CN2)c(OC(C)C)cc1C1CCN(C(=O)CCOCCOCCOCCOCCC(=O)N[C@H](C(=O)N2C[C@H](O)C[C@H]2C(=O)NCc2ccc(-c3scnc3C)cc2)C(C)(C)C)CC1. The molecular weight excluding hydrogens is 1160 g/mol. The number of carbonyl (C=O) groups is 4. The van der Waals surface area contributed by atoms with Crippen LogP contribution in [0.25, 0.3) is 10.4 Å². The second kappa shape index (κ2) is 31.1. The maximum absolute atomic E-state index is 14.0. The molecule has 0 bridgehead atoms. The molecule has 3 aromatic carbocycles. The lowest BCUT2D eigenvalue weighted by molar-refractivity contribution is -0.144. The number of thiazole rings is 1. The smallest absolute Gasteiger partial charge is 0.246 e. The first-order valence-electron chi connectivity index (χ1n) is 29.5. The summed E-state index contributed by atoms with van der Waals surface area (Å²) in [5.74, 6) is 0.0376. The highest BCUT2D eigenvalue weighted by Gasteiger charge is 2.44. The third-order valence-corrected chi connectivity index (χ3v) is 18.4. The summed E-state index contributed by atoms with van der Waals surface area (Å²) in [5, 5.41) is 23.8. The molecule has 86 heavy (non-hydrogen) atoms. The summed E-state index contributed by atoms with van der Waals surface area (Å²) >= 11 is 8.54. The lowest BCUT2D eigenvalue weighted by Crippen LogP contribution is -2.57. The fourth-order valence-electron chi connectivity index (χ4n) is 10.3. The van der Waals surface area contributed by atoms with Crippen LogP contribution < -0.4 is 31.3 Å². The standard InChI is InChI=1S/C62H86ClN9O12S2/c1-40(2)84-52-36-48(42(5)34-50(52)67-60-64-23-22-62(63,70-60)69-49-12-10-11-13-53(49)86(78,79)41(3)4)45-18-24-71(25-19-45)55(75)21-27-81-29-31-83-33-32-82-30-28-80-26-20-54(74)68-57(61(7,8)9)59(77)72-38-47(73)35-51(72)58(76)65-37-44-14-16-46(17-15-44)56-43(6)66-39-85-56/h10-17,22-23,34,36,39-41,45,47,51,57,69,73H,18-21,24-33,35,37-38H2,1-9H3,(H,65,76)(H,68,74)(H2,64,67,70)/t47-,51+,57-,62+/m1/s1. The van der Waals surface area contributed by atoms with Gasteiger partial charge in [-0.05, 0) is 118 Å². The summed E-state index contributed by atoms with van der Waals surface area (Å²) in [4.78, 5) is 67.3. The summed E-state index contributed by atoms with van der Waals surface area (Å²) in [6.45, 7) is 20.5. The number of hydrogen-bond acceptors (Lipinski definition) is 18. The van der Waals surface area contributed by atoms with Gasteiger partial charge in [0.05, 0.1) is 109 Å². The molecule has 0 radical (unpaired) electrons. The molecule has 7 rings (SSSR count). The average molecular weight is 1250 g/mol. The van der Waals surface area contributed by atoms with Gasteiger partial charge in [-0.25, -0.2) is 18.4 Å². The molecule has 4 heterocycles. The van der Waals surface area contributed by atoms with Gasteiger partial charge in [-0.15, -0.1) is 11.3 Å². The van der Waals surface area contributed by atoms with Gasteiger partial charge < -0.3 is 65.2 Å². The third kappa shape index (κ3) is 18.9. The number of aliphatic hydroxyl groups is 1. The summed E-state index contributed by atoms with van der Waals surface area (Å²) in [6.07, 6.45) is 4.19. The van der Waals surface area contributed by atoms with Crippen molar-refractivity contribution in [2.45, 2.75) is 146 Å². The number of sulfone groups is 1. The summed E-state index contributed by atoms with van der Waals surface area (Å²) in [6, 6.07) is 16.7. The van der Waals surface area contributed by atoms with E-state index in [0.29, 0.717) is 62.6 Å². The first-order chi connectivity index (χ1) is 40.9. The van der Waals surface area contributed by atoms with Crippen LogP contribution in [-0.4, -0.2) is 165 Å². The van der Waals surface area contributed by atoms with E-state index in [1.54, 1.807) is 61.7 Å². The van der Waals surface area contributed by atoms with Crippen molar-refractivity contribution in [2.24, 2.45) is 10.4 Å². The number of β-amino-alcohol motifs (C(OH)–C–C–N with tert-alkyl or cyclic N) is 1. The van der Waals surface area contributed by atoms with E-state index in [2.05, 4.69) is 49.6 Å². The Morgan fingerprint density at radius 3 is 2.13 bits per heavy atom. The number of guanidine groups is 1. The van der Waals surface area contributed by atoms with Gasteiger partial charge in [-0.2, -0.15) is 0 Å². The zero-order chi connectivity index (χ0) is 62.2. The van der Waals surface area contributed by atoms with E-state index in [1.807, 2.05) is 82.3 Å². The topological polar surface area (TPSA) is 261 Å². The number of aliphatic hydroxyl groups excluding tert-OH is 1. The monoisotopic (exact) mass is 1250 g/mol. The molecule has 6 N–H and O–H groups in total. The molecule has 4 aromatic rings. The number of anilines is 2. The second-order valence-corrected chi connectivity index (χ2v) is 27.3. The molecule has 2 saturated heterocycles. The van der Waals surface area contributed by atoms with E-state index >= 15 is 0 Å². The van der Waals surface area contributed by atoms with Gasteiger partial charge in [0.15, 0.2) is 9.84 Å². The molecule has 24 heteroatoms. The van der Waals surface area contributed by atoms with Crippen LogP contribution in [0.2, 0.25) is 0 Å². The number of ether oxygens (including phenoxy) is 5. The number of likely N-dealkylation sites (tertiary alicyclic amines) is 2. The van der Waals surface area contributed by atoms with Crippen LogP contribution in [0.4, 0.5) is 11.4 Å². The molecule has 3 aliphatic rings. The molecule has 2 fully saturated rings. The van der Waals surface area contributed by atoms with Gasteiger partial charge >= 0.3 is 0 Å². The Morgan fingerprint density at radius 2 is 1.51 bits per heavy atom. The van der Waals surface area contributed by atoms with E-state index in [0.717, 1.165) is 45.7 Å². The number of aromatic nitrogens is 1. The first kappa shape index (κ1) is 67.3. The highest BCUT2D eigenvalue weighted by atomic mass is 35.5. The Balaban J connectivity index is 0.739. The lowest BCUT2D eigenvalue weighted by atomic mass is 9.85. The Bertz CT molecular complexity index is 3110. The average Bonchev–Trinajstić information content (AvgIpc) is 1.57. The lowest BCUT2D eigenvalue weighted by Gasteiger charge is -2.35. The molecule has 0 unspecified atom stereocenters. The molecule has 0 saturated carbocycles. The van der Waals surface area contributed by atoms with Crippen molar-refractivity contribution < 1.29 is 56.4 Å². The minimum atomic E-state index is -3.61. The van der Waals surface area contributed by atoms with Crippen molar-refractivity contribution in [3.05, 3.63) is 101 Å². The Hall–Kier alpha value is -6.18. The molecule has 4 atom stereocenters. The number of carbonyl (C=O) groups excluding carboxylic acids is 4. The zero-order valence-corrected chi connectivity index (χ0v) is 53.3. The number of aliphatic imine (C=N–C) groups is 1. The van der Waals surface area contributed by atoms with Gasteiger partial charge in [0.2, 0.25) is 34.7 Å². The number of para-hydroxylation sites is 1. The third-order valence-electron chi connectivity index (χ3n) is 15.0. The van der Waals surface area contributed by atoms with Crippen molar-refractivity contribution in [1.29, 1.82) is 0 Å². The van der Waals surface area contributed by atoms with Crippen LogP contribution in [0.15, 0.2) is 88.3 Å². The van der Waals surface area contributed by atoms with Crippen molar-refractivity contribution in [1.82, 2.24) is 30.7 Å². The minimum Gasteiger partial charge on any atom is -0.489 e. The molecule has 1 aromatic heterocycles. The Morgan fingerprint density at radius 1 is 0.872 bits per heavy atom. The van der Waals surface area contributed by atoms with Gasteiger partial charge in [0, 0.05) is 45.2 Å². The number of halogens is 1. The summed E-state index contributed by atoms with van der Waals surface area (Å²) < 4.78 is 55.2. The normalized spacial score (nSPS) is 18.6.